The molecule has 0 bridgehead atoms. The number of carbonyl (C=O) groups is 6. The van der Waals surface area contributed by atoms with Crippen LogP contribution >= 0.6 is 0 Å². The summed E-state index contributed by atoms with van der Waals surface area (Å²) in [5, 5.41) is 18.9. The topological polar surface area (TPSA) is 174 Å². The molecule has 0 spiro atoms. The van der Waals surface area contributed by atoms with Crippen molar-refractivity contribution < 1.29 is 53.2 Å². The van der Waals surface area contributed by atoms with Gasteiger partial charge in [0.15, 0.2) is 11.5 Å². The Morgan fingerprint density at radius 2 is 1.79 bits per heavy atom. The fraction of sp³-hybridized carbons (Fsp3) is 0.444. The number of nitrogens with zero attached hydrogens (tertiary/aromatic N) is 1. The first kappa shape index (κ1) is 37.5. The molecular weight excluding hydrogens is 622 g/mol. The lowest BCUT2D eigenvalue weighted by molar-refractivity contribution is -0.165. The maximum absolute atomic E-state index is 13.8. The Hall–Kier alpha value is -5.00. The van der Waals surface area contributed by atoms with Crippen LogP contribution in [0.25, 0.3) is 0 Å². The molecule has 2 aromatic carbocycles. The van der Waals surface area contributed by atoms with Crippen LogP contribution in [0.4, 0.5) is 0 Å². The summed E-state index contributed by atoms with van der Waals surface area (Å²) in [6.07, 6.45) is 1.94. The number of amides is 1. The average molecular weight is 666 g/mol. The minimum atomic E-state index is -1.35. The molecule has 48 heavy (non-hydrogen) atoms. The number of phenolic OH excluding ortho intramolecular Hbond substituents is 1. The molecule has 1 aliphatic heterocycles. The highest BCUT2D eigenvalue weighted by Crippen LogP contribution is 2.31. The Morgan fingerprint density at radius 1 is 1.04 bits per heavy atom. The van der Waals surface area contributed by atoms with Gasteiger partial charge in [0.1, 0.15) is 24.5 Å². The molecule has 2 atom stereocenters. The van der Waals surface area contributed by atoms with Crippen LogP contribution in [0.1, 0.15) is 75.2 Å². The number of carboxylic acid groups (broad SMARTS) is 1. The van der Waals surface area contributed by atoms with Gasteiger partial charge in [0.05, 0.1) is 18.9 Å². The van der Waals surface area contributed by atoms with Crippen molar-refractivity contribution in [2.75, 3.05) is 20.3 Å². The van der Waals surface area contributed by atoms with Gasteiger partial charge >= 0.3 is 17.9 Å². The van der Waals surface area contributed by atoms with Crippen molar-refractivity contribution in [2.45, 2.75) is 77.4 Å². The van der Waals surface area contributed by atoms with Gasteiger partial charge in [-0.1, -0.05) is 36.9 Å². The van der Waals surface area contributed by atoms with E-state index in [4.69, 9.17) is 19.3 Å². The monoisotopic (exact) mass is 665 g/mol. The number of ketones is 2. The molecule has 12 heteroatoms. The van der Waals surface area contributed by atoms with Crippen molar-refractivity contribution in [3.05, 3.63) is 71.8 Å². The second-order valence-corrected chi connectivity index (χ2v) is 12.4. The predicted octanol–water partition coefficient (Wildman–Crippen LogP) is 4.30. The van der Waals surface area contributed by atoms with Crippen molar-refractivity contribution in [1.29, 1.82) is 0 Å². The van der Waals surface area contributed by atoms with Crippen LogP contribution < -0.4 is 4.74 Å². The molecule has 12 nitrogen and oxygen atoms in total. The van der Waals surface area contributed by atoms with Crippen LogP contribution in [0.5, 0.6) is 11.5 Å². The largest absolute Gasteiger partial charge is 0.504 e. The summed E-state index contributed by atoms with van der Waals surface area (Å²) >= 11 is 0. The lowest BCUT2D eigenvalue weighted by Gasteiger charge is -2.36. The number of rotatable bonds is 17. The van der Waals surface area contributed by atoms with E-state index in [9.17, 15) is 33.9 Å². The fourth-order valence-corrected chi connectivity index (χ4v) is 5.37. The maximum atomic E-state index is 13.8. The van der Waals surface area contributed by atoms with Gasteiger partial charge in [-0.15, -0.1) is 0 Å². The second-order valence-electron chi connectivity index (χ2n) is 12.4. The summed E-state index contributed by atoms with van der Waals surface area (Å²) < 4.78 is 16.3. The number of hydrogen-bond donors (Lipinski definition) is 2. The molecule has 0 aliphatic carbocycles. The standard InChI is InChI=1S/C36H43NO11/c1-5-32(42)47-22-36(2,3)33(43)34(44)37-18-7-6-11-27(37)35(45)48-29(16-13-23-12-15-28(39)30(21-23)46-4)25-10-8-9-24(19-25)20-26(38)14-17-31(40)41/h5,8-10,12,15,19,21,27,29,39H,1,6-7,11,13-14,16-18,20,22H2,2-4H3,(H,40,41)/t27-,29+/m0/s1. The number of benzene rings is 2. The highest BCUT2D eigenvalue weighted by atomic mass is 16.5. The van der Waals surface area contributed by atoms with Crippen LogP contribution in [-0.2, 0) is 51.1 Å². The van der Waals surface area contributed by atoms with E-state index >= 15 is 0 Å². The van der Waals surface area contributed by atoms with Gasteiger partial charge in [-0.05, 0) is 74.8 Å². The number of aryl methyl sites for hydroxylation is 1. The molecule has 1 fully saturated rings. The molecule has 2 N–H and O–H groups in total. The van der Waals surface area contributed by atoms with Gasteiger partial charge in [-0.3, -0.25) is 19.2 Å². The molecule has 2 aromatic rings. The molecule has 1 heterocycles. The molecule has 0 unspecified atom stereocenters. The number of carboxylic acids is 1. The van der Waals surface area contributed by atoms with Gasteiger partial charge in [-0.25, -0.2) is 9.59 Å². The number of likely N-dealkylation sites (tertiary alicyclic amines) is 1. The van der Waals surface area contributed by atoms with Crippen molar-refractivity contribution in [2.24, 2.45) is 5.41 Å². The van der Waals surface area contributed by atoms with Crippen LogP contribution in [0.15, 0.2) is 55.1 Å². The third kappa shape index (κ3) is 10.5. The molecule has 258 valence electrons. The number of carbonyl (C=O) groups excluding carboxylic acids is 5. The summed E-state index contributed by atoms with van der Waals surface area (Å²) in [5.41, 5.74) is 0.657. The number of aromatic hydroxyl groups is 1. The van der Waals surface area contributed by atoms with Crippen LogP contribution in [0.2, 0.25) is 0 Å². The van der Waals surface area contributed by atoms with E-state index in [1.165, 1.54) is 31.9 Å². The lowest BCUT2D eigenvalue weighted by atomic mass is 9.87. The summed E-state index contributed by atoms with van der Waals surface area (Å²) in [5.74, 6) is -4.15. The highest BCUT2D eigenvalue weighted by Gasteiger charge is 2.42. The molecule has 1 aliphatic rings. The van der Waals surface area contributed by atoms with E-state index in [1.54, 1.807) is 36.4 Å². The van der Waals surface area contributed by atoms with E-state index in [0.717, 1.165) is 11.6 Å². The number of methoxy groups -OCH3 is 1. The number of esters is 2. The first-order chi connectivity index (χ1) is 22.7. The number of ether oxygens (including phenoxy) is 3. The van der Waals surface area contributed by atoms with E-state index in [-0.39, 0.29) is 62.5 Å². The molecular formula is C36H43NO11. The average Bonchev–Trinajstić information content (AvgIpc) is 3.07. The SMILES string of the molecule is C=CC(=O)OCC(C)(C)C(=O)C(=O)N1CCCC[C@H]1C(=O)O[C@H](CCc1ccc(O)c(OC)c1)c1cccc(CC(=O)CCC(=O)O)c1. The maximum Gasteiger partial charge on any atom is 0.330 e. The van der Waals surface area contributed by atoms with E-state index in [2.05, 4.69) is 6.58 Å². The van der Waals surface area contributed by atoms with Crippen LogP contribution in [0, 0.1) is 5.41 Å². The summed E-state index contributed by atoms with van der Waals surface area (Å²) in [6.45, 7) is 6.11. The zero-order valence-electron chi connectivity index (χ0n) is 27.6. The summed E-state index contributed by atoms with van der Waals surface area (Å²) in [6, 6.07) is 10.8. The number of piperidine rings is 1. The van der Waals surface area contributed by atoms with Gasteiger partial charge in [0.2, 0.25) is 5.78 Å². The first-order valence-electron chi connectivity index (χ1n) is 15.8. The minimum Gasteiger partial charge on any atom is -0.504 e. The fourth-order valence-electron chi connectivity index (χ4n) is 5.37. The van der Waals surface area contributed by atoms with Gasteiger partial charge in [0.25, 0.3) is 5.91 Å². The molecule has 0 radical (unpaired) electrons. The quantitative estimate of drug-likeness (QED) is 0.140. The second kappa shape index (κ2) is 17.2. The van der Waals surface area contributed by atoms with E-state index in [1.807, 2.05) is 0 Å². The molecule has 1 saturated heterocycles. The first-order valence-corrected chi connectivity index (χ1v) is 15.8. The number of Topliss-reactive ketones (excluding diaryl/α,β-unsaturated/α-hetero) is 2. The van der Waals surface area contributed by atoms with Crippen molar-refractivity contribution in [1.82, 2.24) is 4.90 Å². The number of hydrogen-bond acceptors (Lipinski definition) is 10. The normalized spacial score (nSPS) is 15.1. The lowest BCUT2D eigenvalue weighted by Crippen LogP contribution is -2.53. The van der Waals surface area contributed by atoms with Gasteiger partial charge < -0.3 is 29.3 Å². The number of aliphatic carboxylic acids is 1. The minimum absolute atomic E-state index is 0.00185. The molecule has 3 rings (SSSR count). The van der Waals surface area contributed by atoms with Gasteiger partial charge in [-0.2, -0.15) is 0 Å². The molecule has 0 aromatic heterocycles. The highest BCUT2D eigenvalue weighted by molar-refractivity contribution is 6.38. The zero-order chi connectivity index (χ0) is 35.4. The Morgan fingerprint density at radius 3 is 2.48 bits per heavy atom. The Labute approximate surface area is 279 Å². The third-order valence-corrected chi connectivity index (χ3v) is 8.13. The van der Waals surface area contributed by atoms with Crippen molar-refractivity contribution in [3.63, 3.8) is 0 Å². The van der Waals surface area contributed by atoms with Crippen molar-refractivity contribution in [3.8, 4) is 11.5 Å². The third-order valence-electron chi connectivity index (χ3n) is 8.13. The summed E-state index contributed by atoms with van der Waals surface area (Å²) in [4.78, 5) is 76.7. The van der Waals surface area contributed by atoms with Crippen LogP contribution in [-0.4, -0.2) is 76.8 Å². The van der Waals surface area contributed by atoms with Crippen molar-refractivity contribution >= 4 is 35.4 Å². The van der Waals surface area contributed by atoms with E-state index < -0.39 is 47.2 Å². The Bertz CT molecular complexity index is 1530. The Kier molecular flexibility index (Phi) is 13.5. The van der Waals surface area contributed by atoms with Crippen LogP contribution in [0.3, 0.4) is 0 Å². The molecule has 0 saturated carbocycles. The number of phenols is 1. The van der Waals surface area contributed by atoms with E-state index in [0.29, 0.717) is 30.4 Å². The summed E-state index contributed by atoms with van der Waals surface area (Å²) in [7, 11) is 1.43. The predicted molar refractivity (Wildman–Crippen MR) is 173 cm³/mol. The molecule has 1 amide bonds. The Balaban J connectivity index is 1.85. The van der Waals surface area contributed by atoms with Gasteiger partial charge in [0, 0.05) is 25.5 Å². The smallest absolute Gasteiger partial charge is 0.330 e. The zero-order valence-corrected chi connectivity index (χ0v) is 27.6.